The lowest BCUT2D eigenvalue weighted by Crippen LogP contribution is -2.56. The Morgan fingerprint density at radius 1 is 1.19 bits per heavy atom. The Labute approximate surface area is 156 Å². The van der Waals surface area contributed by atoms with Gasteiger partial charge in [-0.05, 0) is 43.0 Å². The highest BCUT2D eigenvalue weighted by atomic mass is 19.4. The molecule has 0 spiro atoms. The van der Waals surface area contributed by atoms with Crippen LogP contribution in [0.15, 0.2) is 29.4 Å². The predicted molar refractivity (Wildman–Crippen MR) is 96.6 cm³/mol. The van der Waals surface area contributed by atoms with Gasteiger partial charge in [0.15, 0.2) is 0 Å². The number of hydrazone groups is 1. The summed E-state index contributed by atoms with van der Waals surface area (Å²) in [5, 5.41) is 14.6. The second-order valence-electron chi connectivity index (χ2n) is 7.48. The second-order valence-corrected chi connectivity index (χ2v) is 7.48. The largest absolute Gasteiger partial charge is 0.438 e. The van der Waals surface area contributed by atoms with Crippen molar-refractivity contribution in [2.24, 2.45) is 11.0 Å². The number of alkyl halides is 3. The Balaban J connectivity index is 1.92. The average molecular weight is 383 g/mol. The number of carbonyl (C=O) groups is 1. The van der Waals surface area contributed by atoms with Crippen LogP contribution in [0.2, 0.25) is 0 Å². The van der Waals surface area contributed by atoms with Crippen molar-refractivity contribution in [2.45, 2.75) is 50.4 Å². The summed E-state index contributed by atoms with van der Waals surface area (Å²) in [5.74, 6) is -1.06. The number of nitrogens with zero attached hydrogens (tertiary/aromatic N) is 3. The maximum absolute atomic E-state index is 13.7. The Kier molecular flexibility index (Phi) is 5.20. The first kappa shape index (κ1) is 19.7. The summed E-state index contributed by atoms with van der Waals surface area (Å²) >= 11 is 0. The fourth-order valence-corrected chi connectivity index (χ4v) is 3.69. The molecule has 1 aromatic rings. The maximum Gasteiger partial charge on any atom is 0.438 e. The van der Waals surface area contributed by atoms with Crippen LogP contribution in [-0.4, -0.2) is 47.7 Å². The summed E-state index contributed by atoms with van der Waals surface area (Å²) in [7, 11) is 3.64. The summed E-state index contributed by atoms with van der Waals surface area (Å²) in [4.78, 5) is 14.6. The van der Waals surface area contributed by atoms with Crippen LogP contribution in [-0.2, 0) is 0 Å². The van der Waals surface area contributed by atoms with Crippen LogP contribution in [0.4, 0.5) is 18.9 Å². The van der Waals surface area contributed by atoms with Crippen LogP contribution in [0, 0.1) is 5.92 Å². The van der Waals surface area contributed by atoms with Crippen molar-refractivity contribution in [3.8, 4) is 0 Å². The number of hydrogen-bond acceptors (Lipinski definition) is 4. The molecule has 1 saturated carbocycles. The van der Waals surface area contributed by atoms with Gasteiger partial charge in [-0.15, -0.1) is 0 Å². The molecule has 1 aliphatic heterocycles. The molecule has 1 fully saturated rings. The Bertz CT molecular complexity index is 725. The van der Waals surface area contributed by atoms with Crippen molar-refractivity contribution in [1.29, 1.82) is 0 Å². The average Bonchev–Trinajstić information content (AvgIpc) is 3.01. The number of amides is 1. The second kappa shape index (κ2) is 7.14. The van der Waals surface area contributed by atoms with E-state index in [4.69, 9.17) is 0 Å². The van der Waals surface area contributed by atoms with Gasteiger partial charge in [0.2, 0.25) is 0 Å². The van der Waals surface area contributed by atoms with E-state index in [1.165, 1.54) is 12.1 Å². The van der Waals surface area contributed by atoms with E-state index >= 15 is 0 Å². The van der Waals surface area contributed by atoms with Gasteiger partial charge in [0.1, 0.15) is 0 Å². The Morgan fingerprint density at radius 2 is 1.78 bits per heavy atom. The first-order valence-electron chi connectivity index (χ1n) is 9.12. The van der Waals surface area contributed by atoms with Gasteiger partial charge in [-0.3, -0.25) is 4.79 Å². The van der Waals surface area contributed by atoms with E-state index < -0.39 is 24.2 Å². The van der Waals surface area contributed by atoms with Gasteiger partial charge in [0, 0.05) is 37.5 Å². The summed E-state index contributed by atoms with van der Waals surface area (Å²) in [6.07, 6.45) is -1.29. The summed E-state index contributed by atoms with van der Waals surface area (Å²) in [6.45, 7) is 0. The zero-order chi connectivity index (χ0) is 19.8. The fourth-order valence-electron chi connectivity index (χ4n) is 3.69. The Hall–Kier alpha value is -2.09. The van der Waals surface area contributed by atoms with Crippen molar-refractivity contribution in [2.75, 3.05) is 19.0 Å². The molecule has 0 radical (unpaired) electrons. The lowest BCUT2D eigenvalue weighted by Gasteiger charge is -2.32. The molecule has 0 bridgehead atoms. The molecule has 2 aliphatic rings. The number of aliphatic hydroxyl groups is 1. The molecule has 1 atom stereocenters. The highest BCUT2D eigenvalue weighted by Crippen LogP contribution is 2.43. The normalized spacial score (nSPS) is 24.1. The van der Waals surface area contributed by atoms with Crippen LogP contribution < -0.4 is 4.90 Å². The molecular formula is C19H24F3N3O2. The van der Waals surface area contributed by atoms with E-state index in [1.54, 1.807) is 12.1 Å². The number of halogens is 3. The number of carbonyl (C=O) groups excluding carboxylic acids is 1. The number of anilines is 1. The minimum absolute atomic E-state index is 0.0527. The topological polar surface area (TPSA) is 56.1 Å². The van der Waals surface area contributed by atoms with Crippen LogP contribution in [0.3, 0.4) is 0 Å². The number of hydrogen-bond donors (Lipinski definition) is 1. The van der Waals surface area contributed by atoms with E-state index in [2.05, 4.69) is 5.10 Å². The summed E-state index contributed by atoms with van der Waals surface area (Å²) in [5.41, 5.74) is -2.16. The van der Waals surface area contributed by atoms with E-state index in [-0.39, 0.29) is 22.2 Å². The summed E-state index contributed by atoms with van der Waals surface area (Å²) in [6, 6.07) is 6.18. The molecule has 148 valence electrons. The zero-order valence-electron chi connectivity index (χ0n) is 15.5. The van der Waals surface area contributed by atoms with Crippen molar-refractivity contribution >= 4 is 17.3 Å². The fraction of sp³-hybridized carbons (Fsp3) is 0.579. The van der Waals surface area contributed by atoms with E-state index in [9.17, 15) is 23.1 Å². The number of benzene rings is 1. The number of rotatable bonds is 3. The smallest absolute Gasteiger partial charge is 0.378 e. The van der Waals surface area contributed by atoms with Crippen molar-refractivity contribution in [1.82, 2.24) is 5.01 Å². The molecule has 5 nitrogen and oxygen atoms in total. The molecule has 1 unspecified atom stereocenters. The zero-order valence-corrected chi connectivity index (χ0v) is 15.5. The predicted octanol–water partition coefficient (Wildman–Crippen LogP) is 3.79. The van der Waals surface area contributed by atoms with Crippen LogP contribution >= 0.6 is 0 Å². The highest BCUT2D eigenvalue weighted by molar-refractivity contribution is 5.99. The standard InChI is InChI=1S/C19H24F3N3O2/c1-24(2)15-10-8-14(9-11-15)17(26)25-18(27,19(20,21)22)12-16(23-25)13-6-4-3-5-7-13/h8-11,13,27H,3-7,12H2,1-2H3. The lowest BCUT2D eigenvalue weighted by molar-refractivity contribution is -0.297. The molecule has 3 rings (SSSR count). The highest BCUT2D eigenvalue weighted by Gasteiger charge is 2.63. The van der Waals surface area contributed by atoms with E-state index in [0.717, 1.165) is 37.8 Å². The quantitative estimate of drug-likeness (QED) is 0.864. The van der Waals surface area contributed by atoms with Crippen LogP contribution in [0.1, 0.15) is 48.9 Å². The van der Waals surface area contributed by atoms with E-state index in [1.807, 2.05) is 19.0 Å². The molecule has 0 saturated heterocycles. The Morgan fingerprint density at radius 3 is 2.30 bits per heavy atom. The molecule has 8 heteroatoms. The van der Waals surface area contributed by atoms with Crippen molar-refractivity contribution in [3.63, 3.8) is 0 Å². The third-order valence-electron chi connectivity index (χ3n) is 5.36. The molecule has 1 N–H and O–H groups in total. The molecule has 0 aromatic heterocycles. The van der Waals surface area contributed by atoms with Crippen molar-refractivity contribution in [3.05, 3.63) is 29.8 Å². The minimum Gasteiger partial charge on any atom is -0.378 e. The van der Waals surface area contributed by atoms with Gasteiger partial charge in [-0.1, -0.05) is 19.3 Å². The SMILES string of the molecule is CN(C)c1ccc(C(=O)N2N=C(C3CCCCC3)CC2(O)C(F)(F)F)cc1. The van der Waals surface area contributed by atoms with E-state index in [0.29, 0.717) is 0 Å². The third kappa shape index (κ3) is 3.67. The van der Waals surface area contributed by atoms with Gasteiger partial charge in [0.25, 0.3) is 11.6 Å². The van der Waals surface area contributed by atoms with Crippen molar-refractivity contribution < 1.29 is 23.1 Å². The first-order chi connectivity index (χ1) is 12.6. The molecular weight excluding hydrogens is 359 g/mol. The first-order valence-corrected chi connectivity index (χ1v) is 9.12. The minimum atomic E-state index is -4.99. The van der Waals surface area contributed by atoms with Crippen LogP contribution in [0.5, 0.6) is 0 Å². The summed E-state index contributed by atoms with van der Waals surface area (Å²) < 4.78 is 41.0. The van der Waals surface area contributed by atoms with Gasteiger partial charge < -0.3 is 10.0 Å². The van der Waals surface area contributed by atoms with Gasteiger partial charge in [-0.2, -0.15) is 23.3 Å². The molecule has 1 heterocycles. The maximum atomic E-state index is 13.7. The van der Waals surface area contributed by atoms with Gasteiger partial charge in [-0.25, -0.2) is 0 Å². The lowest BCUT2D eigenvalue weighted by atomic mass is 9.83. The monoisotopic (exact) mass is 383 g/mol. The third-order valence-corrected chi connectivity index (χ3v) is 5.36. The molecule has 1 amide bonds. The van der Waals surface area contributed by atoms with Crippen LogP contribution in [0.25, 0.3) is 0 Å². The van der Waals surface area contributed by atoms with Gasteiger partial charge >= 0.3 is 6.18 Å². The molecule has 1 aliphatic carbocycles. The van der Waals surface area contributed by atoms with Gasteiger partial charge in [0.05, 0.1) is 0 Å². The molecule has 27 heavy (non-hydrogen) atoms. The molecule has 1 aromatic carbocycles.